The Balaban J connectivity index is 1.28. The predicted molar refractivity (Wildman–Crippen MR) is 444 cm³/mol. The number of alkyl halides is 2. The average Bonchev–Trinajstić information content (AvgIpc) is 1.48. The number of urea groups is 1. The number of rotatable bonds is 55. The van der Waals surface area contributed by atoms with Gasteiger partial charge in [0.25, 0.3) is 5.91 Å². The number of hydrogen-bond acceptors (Lipinski definition) is 19. The Morgan fingerprint density at radius 2 is 1.19 bits per heavy atom. The van der Waals surface area contributed by atoms with E-state index in [0.29, 0.717) is 62.1 Å². The summed E-state index contributed by atoms with van der Waals surface area (Å²) >= 11 is 6.17. The minimum absolute atomic E-state index is 0.00651. The van der Waals surface area contributed by atoms with Gasteiger partial charge in [0.15, 0.2) is 11.6 Å². The summed E-state index contributed by atoms with van der Waals surface area (Å²) in [7, 11) is 8.44. The molecule has 636 valence electrons. The number of likely N-dealkylation sites (tertiary alicyclic amines) is 1. The molecule has 1 saturated heterocycles. The number of anilines is 3. The van der Waals surface area contributed by atoms with E-state index in [4.69, 9.17) is 34.2 Å². The number of benzene rings is 3. The maximum atomic E-state index is 14.7. The average molecular weight is 1730 g/mol. The number of likely N-dealkylation sites (N-methyl/N-ethyl adjacent to an activating group) is 2. The first-order valence-electron chi connectivity index (χ1n) is 39.5. The fraction of sp³-hybridized carbons (Fsp3) is 0.634. The normalized spacial score (nSPS) is 15.5. The van der Waals surface area contributed by atoms with E-state index >= 15 is 0 Å². The van der Waals surface area contributed by atoms with Crippen LogP contribution in [0.2, 0.25) is 0 Å². The lowest BCUT2D eigenvalue weighted by Gasteiger charge is -2.41. The van der Waals surface area contributed by atoms with Gasteiger partial charge in [-0.05, 0) is 124 Å². The monoisotopic (exact) mass is 1720 g/mol. The van der Waals surface area contributed by atoms with Gasteiger partial charge in [-0.1, -0.05) is 143 Å². The topological polar surface area (TPSA) is 392 Å². The van der Waals surface area contributed by atoms with Crippen molar-refractivity contribution in [1.82, 2.24) is 41.3 Å². The molecule has 30 nitrogen and oxygen atoms in total. The summed E-state index contributed by atoms with van der Waals surface area (Å²) in [6.07, 6.45) is 1.98. The summed E-state index contributed by atoms with van der Waals surface area (Å²) in [5, 5.41) is 22.5. The highest BCUT2D eigenvalue weighted by atomic mass is 79.9. The molecular weight excluding hydrogens is 1600 g/mol. The number of Topliss-reactive ketones (excluding diaryl/α,β-unsaturated/α-hetero) is 2. The van der Waals surface area contributed by atoms with E-state index in [2.05, 4.69) is 74.4 Å². The minimum Gasteiger partial charge on any atom is -0.379 e. The zero-order valence-corrected chi connectivity index (χ0v) is 72.2. The molecule has 114 heavy (non-hydrogen) atoms. The highest BCUT2D eigenvalue weighted by molar-refractivity contribution is 9.09. The number of methoxy groups -OCH3 is 2. The predicted octanol–water partition coefficient (Wildman–Crippen LogP) is 7.22. The maximum absolute atomic E-state index is 14.7. The lowest BCUT2D eigenvalue weighted by atomic mass is 9.89. The van der Waals surface area contributed by atoms with Crippen LogP contribution < -0.4 is 48.3 Å². The van der Waals surface area contributed by atoms with E-state index < -0.39 is 90.0 Å². The second-order valence-corrected chi connectivity index (χ2v) is 31.2. The Bertz CT molecular complexity index is 3500. The quantitative estimate of drug-likeness (QED) is 0.0199. The third-order valence-electron chi connectivity index (χ3n) is 20.1. The van der Waals surface area contributed by atoms with E-state index in [1.807, 2.05) is 103 Å². The highest BCUT2D eigenvalue weighted by Gasteiger charge is 2.44. The molecule has 32 heteroatoms. The zero-order valence-electron chi connectivity index (χ0n) is 69.0. The molecule has 1 aliphatic rings. The van der Waals surface area contributed by atoms with Gasteiger partial charge in [0.2, 0.25) is 47.3 Å². The Morgan fingerprint density at radius 1 is 0.596 bits per heavy atom. The van der Waals surface area contributed by atoms with E-state index in [-0.39, 0.29) is 179 Å². The van der Waals surface area contributed by atoms with Crippen molar-refractivity contribution < 1.29 is 86.0 Å². The number of halogens is 2. The number of aryl methyl sites for hydroxylation is 1. The van der Waals surface area contributed by atoms with Crippen molar-refractivity contribution in [1.29, 1.82) is 0 Å². The van der Waals surface area contributed by atoms with Crippen LogP contribution >= 0.6 is 31.9 Å². The van der Waals surface area contributed by atoms with Crippen molar-refractivity contribution in [3.63, 3.8) is 0 Å². The number of ether oxygens (including phenoxy) is 6. The van der Waals surface area contributed by atoms with Crippen molar-refractivity contribution >= 4 is 120 Å². The van der Waals surface area contributed by atoms with Gasteiger partial charge in [0.1, 0.15) is 12.6 Å². The molecule has 0 aliphatic carbocycles. The summed E-state index contributed by atoms with van der Waals surface area (Å²) in [5.41, 5.74) is 8.38. The molecule has 10 N–H and O–H groups in total. The van der Waals surface area contributed by atoms with Gasteiger partial charge in [0.05, 0.1) is 112 Å². The molecule has 1 aliphatic heterocycles. The number of primary amides is 1. The van der Waals surface area contributed by atoms with E-state index in [1.165, 1.54) is 32.4 Å². The van der Waals surface area contributed by atoms with Gasteiger partial charge < -0.3 is 86.5 Å². The number of ketones is 2. The smallest absolute Gasteiger partial charge is 0.312 e. The maximum Gasteiger partial charge on any atom is 0.312 e. The molecule has 0 saturated carbocycles. The van der Waals surface area contributed by atoms with E-state index in [1.54, 1.807) is 49.8 Å². The summed E-state index contributed by atoms with van der Waals surface area (Å²) in [5.74, 6) is -6.12. The highest BCUT2D eigenvalue weighted by Crippen LogP contribution is 2.31. The van der Waals surface area contributed by atoms with Crippen LogP contribution in [0.15, 0.2) is 72.8 Å². The summed E-state index contributed by atoms with van der Waals surface area (Å²) in [4.78, 5) is 166. The summed E-state index contributed by atoms with van der Waals surface area (Å²) in [6, 6.07) is 16.2. The number of amides is 11. The number of carbonyl (C=O) groups is 12. The van der Waals surface area contributed by atoms with Gasteiger partial charge in [-0.15, -0.1) is 0 Å². The van der Waals surface area contributed by atoms with Crippen molar-refractivity contribution in [2.24, 2.45) is 41.2 Å². The van der Waals surface area contributed by atoms with Crippen molar-refractivity contribution in [3.05, 3.63) is 89.5 Å². The SMILES string of the molecule is CC[C@H](C)[C@@H]([C@@H](CC(=O)N1CCC[C@H]1[C@H](OC)[C@@H](C)C(=O)N[C@H](Cc1ccccc1)C(=O)CCCc1ccc(NC(=O)[C@@H](CCCNC(N)=O)CC(=O)[C@@H](NC(=O)COCCOCCOCCOCCNC(=O)c2cc(NC(=O)CBr)cc(NC(=O)CBr)c2)C(C)C)cc1)OC)N(C)C(=O)[C@H](NC(=O)[C@H](C(C)C)N(C)C)C(C)C. The molecule has 0 bridgehead atoms. The van der Waals surface area contributed by atoms with Crippen LogP contribution in [-0.4, -0.2) is 252 Å². The lowest BCUT2D eigenvalue weighted by molar-refractivity contribution is -0.148. The molecule has 3 aromatic rings. The van der Waals surface area contributed by atoms with Gasteiger partial charge in [-0.25, -0.2) is 4.79 Å². The summed E-state index contributed by atoms with van der Waals surface area (Å²) in [6.45, 7) is 18.8. The van der Waals surface area contributed by atoms with Crippen LogP contribution in [-0.2, 0) is 89.2 Å². The number of nitrogens with two attached hydrogens (primary N) is 1. The molecule has 0 aromatic heterocycles. The zero-order chi connectivity index (χ0) is 84.6. The number of hydrogen-bond donors (Lipinski definition) is 9. The lowest BCUT2D eigenvalue weighted by Crippen LogP contribution is -2.59. The largest absolute Gasteiger partial charge is 0.379 e. The molecule has 4 rings (SSSR count). The van der Waals surface area contributed by atoms with Crippen molar-refractivity contribution in [3.8, 4) is 0 Å². The Morgan fingerprint density at radius 3 is 1.74 bits per heavy atom. The fourth-order valence-electron chi connectivity index (χ4n) is 14.0. The van der Waals surface area contributed by atoms with Crippen molar-refractivity contribution in [2.75, 3.05) is 134 Å². The van der Waals surface area contributed by atoms with Crippen LogP contribution in [0.4, 0.5) is 21.9 Å². The second kappa shape index (κ2) is 52.7. The molecule has 0 unspecified atom stereocenters. The Kier molecular flexibility index (Phi) is 45.6. The first-order valence-corrected chi connectivity index (χ1v) is 41.7. The molecule has 11 atom stereocenters. The molecule has 11 amide bonds. The van der Waals surface area contributed by atoms with Crippen LogP contribution in [0.25, 0.3) is 0 Å². The second-order valence-electron chi connectivity index (χ2n) is 30.1. The first kappa shape index (κ1) is 98.5. The van der Waals surface area contributed by atoms with Crippen LogP contribution in [0, 0.1) is 35.5 Å². The third-order valence-corrected chi connectivity index (χ3v) is 21.1. The number of carbonyl (C=O) groups excluding carboxylic acids is 12. The molecule has 0 spiro atoms. The standard InChI is InChI=1S/C82H126Br2N12O18/c1-15-54(8)75(95(12)81(107)73(52(4)5)93-80(106)74(53(6)7)94(10)11)67(109-13)47-71(102)96-34-21-26-64(96)76(110-14)55(9)77(103)91-63(42-57-22-17-16-18-23-57)65(97)27-19-24-56-28-30-60(31-29-56)90-79(105)58(25-20-32-87-82(85)108)45-66(98)72(51(2)3)92-70(101)50-114-41-40-113-39-38-112-37-36-111-35-33-86-78(104)59-43-61(88-68(99)48-83)46-62(44-59)89-69(100)49-84/h16-18,22-23,28-31,43-44,46,51-55,58,63-64,67,72-76H,15,19-21,24-27,32-42,45,47-50H2,1-14H3,(H,86,104)(H,88,99)(H,89,100)(H,90,105)(H,91,103)(H,92,101)(H,93,106)(H3,85,87,108)/t54-,55+,58-,63+,64-,67+,72-,73+,74-,75-,76+/m0/s1. The van der Waals surface area contributed by atoms with Gasteiger partial charge in [-0.3, -0.25) is 57.6 Å². The van der Waals surface area contributed by atoms with Gasteiger partial charge in [0, 0.05) is 82.3 Å². The van der Waals surface area contributed by atoms with Crippen LogP contribution in [0.3, 0.4) is 0 Å². The molecule has 1 fully saturated rings. The van der Waals surface area contributed by atoms with Gasteiger partial charge in [-0.2, -0.15) is 0 Å². The molecule has 0 radical (unpaired) electrons. The van der Waals surface area contributed by atoms with Gasteiger partial charge >= 0.3 is 6.03 Å². The van der Waals surface area contributed by atoms with Crippen LogP contribution in [0.5, 0.6) is 0 Å². The minimum atomic E-state index is -0.950. The van der Waals surface area contributed by atoms with Crippen molar-refractivity contribution in [2.45, 2.75) is 181 Å². The van der Waals surface area contributed by atoms with Crippen LogP contribution in [0.1, 0.15) is 142 Å². The Labute approximate surface area is 689 Å². The third kappa shape index (κ3) is 34.2. The molecule has 3 aromatic carbocycles. The number of nitrogens with zero attached hydrogens (tertiary/aromatic N) is 3. The first-order chi connectivity index (χ1) is 54.3. The fourth-order valence-corrected chi connectivity index (χ4v) is 14.3. The number of nitrogens with one attached hydrogen (secondary N) is 8. The molecule has 1 heterocycles. The van der Waals surface area contributed by atoms with E-state index in [9.17, 15) is 57.5 Å². The van der Waals surface area contributed by atoms with E-state index in [0.717, 1.165) is 11.1 Å². The summed E-state index contributed by atoms with van der Waals surface area (Å²) < 4.78 is 34.4. The molecular formula is C82H126Br2N12O18. The Hall–Kier alpha value is -7.82.